The Hall–Kier alpha value is -1.73. The van der Waals surface area contributed by atoms with Crippen molar-refractivity contribution in [3.63, 3.8) is 0 Å². The van der Waals surface area contributed by atoms with E-state index < -0.39 is 10.8 Å². The molecule has 0 aromatic heterocycles. The summed E-state index contributed by atoms with van der Waals surface area (Å²) in [6.07, 6.45) is 2.75. The number of hydrogen-bond acceptors (Lipinski definition) is 5. The highest BCUT2D eigenvalue weighted by Crippen LogP contribution is 2.35. The van der Waals surface area contributed by atoms with Gasteiger partial charge < -0.3 is 14.4 Å². The highest BCUT2D eigenvalue weighted by molar-refractivity contribution is 7.84. The van der Waals surface area contributed by atoms with Crippen molar-refractivity contribution in [1.29, 1.82) is 0 Å². The predicted octanol–water partition coefficient (Wildman–Crippen LogP) is 3.49. The summed E-state index contributed by atoms with van der Waals surface area (Å²) in [6.45, 7) is 8.62. The van der Waals surface area contributed by atoms with Crippen LogP contribution in [0, 0.1) is 0 Å². The molecule has 0 bridgehead atoms. The van der Waals surface area contributed by atoms with Crippen LogP contribution in [0.2, 0.25) is 0 Å². The lowest BCUT2D eigenvalue weighted by molar-refractivity contribution is -0.00201. The Balaban J connectivity index is 1.40. The van der Waals surface area contributed by atoms with Crippen LogP contribution in [0.1, 0.15) is 36.0 Å². The molecule has 2 aromatic rings. The Morgan fingerprint density at radius 3 is 2.74 bits per heavy atom. The molecule has 0 amide bonds. The summed E-state index contributed by atoms with van der Waals surface area (Å²) in [5, 5.41) is 0. The quantitative estimate of drug-likeness (QED) is 0.614. The molecule has 2 aliphatic rings. The van der Waals surface area contributed by atoms with E-state index in [-0.39, 0.29) is 0 Å². The van der Waals surface area contributed by atoms with Gasteiger partial charge in [-0.3, -0.25) is 9.11 Å². The normalized spacial score (nSPS) is 23.3. The zero-order valence-electron chi connectivity index (χ0n) is 18.9. The van der Waals surface area contributed by atoms with E-state index in [1.807, 2.05) is 12.1 Å². The molecular formula is C25H34N2O3S. The van der Waals surface area contributed by atoms with Gasteiger partial charge in [0, 0.05) is 60.1 Å². The molecular weight excluding hydrogens is 408 g/mol. The third-order valence-electron chi connectivity index (χ3n) is 6.40. The summed E-state index contributed by atoms with van der Waals surface area (Å²) in [4.78, 5) is 5.73. The SMILES string of the molecule is C[C@H]1COCCN1CCCOc1ccc2c(c1)CN(C)CC2c1ccc(S(C)=O)cc1. The van der Waals surface area contributed by atoms with Crippen molar-refractivity contribution in [3.05, 3.63) is 59.2 Å². The molecule has 168 valence electrons. The van der Waals surface area contributed by atoms with Crippen molar-refractivity contribution in [2.45, 2.75) is 36.7 Å². The number of fused-ring (bicyclic) bond motifs is 1. The molecule has 0 spiro atoms. The first-order valence-electron chi connectivity index (χ1n) is 11.2. The minimum Gasteiger partial charge on any atom is -0.494 e. The molecule has 4 rings (SSSR count). The number of hydrogen-bond donors (Lipinski definition) is 0. The maximum atomic E-state index is 11.7. The van der Waals surface area contributed by atoms with Crippen LogP contribution in [0.5, 0.6) is 5.75 Å². The minimum atomic E-state index is -0.942. The summed E-state index contributed by atoms with van der Waals surface area (Å²) in [5.74, 6) is 1.28. The van der Waals surface area contributed by atoms with Crippen molar-refractivity contribution >= 4 is 10.8 Å². The molecule has 1 fully saturated rings. The Kier molecular flexibility index (Phi) is 7.43. The van der Waals surface area contributed by atoms with Crippen molar-refractivity contribution in [2.24, 2.45) is 0 Å². The summed E-state index contributed by atoms with van der Waals surface area (Å²) < 4.78 is 23.3. The van der Waals surface area contributed by atoms with Gasteiger partial charge in [-0.2, -0.15) is 0 Å². The van der Waals surface area contributed by atoms with Crippen LogP contribution in [-0.2, 0) is 22.1 Å². The van der Waals surface area contributed by atoms with Crippen LogP contribution in [0.25, 0.3) is 0 Å². The van der Waals surface area contributed by atoms with Gasteiger partial charge in [0.1, 0.15) is 5.75 Å². The maximum absolute atomic E-state index is 11.7. The Bertz CT molecular complexity index is 902. The number of nitrogens with zero attached hydrogens (tertiary/aromatic N) is 2. The summed E-state index contributed by atoms with van der Waals surface area (Å²) in [5.41, 5.74) is 3.98. The van der Waals surface area contributed by atoms with Gasteiger partial charge in [0.25, 0.3) is 0 Å². The summed E-state index contributed by atoms with van der Waals surface area (Å²) in [7, 11) is 1.23. The second-order valence-electron chi connectivity index (χ2n) is 8.80. The van der Waals surface area contributed by atoms with Crippen LogP contribution in [0.15, 0.2) is 47.4 Å². The van der Waals surface area contributed by atoms with Gasteiger partial charge >= 0.3 is 0 Å². The highest BCUT2D eigenvalue weighted by Gasteiger charge is 2.25. The lowest BCUT2D eigenvalue weighted by Crippen LogP contribution is -2.44. The highest BCUT2D eigenvalue weighted by atomic mass is 32.2. The number of likely N-dealkylation sites (N-methyl/N-ethyl adjacent to an activating group) is 1. The monoisotopic (exact) mass is 442 g/mol. The van der Waals surface area contributed by atoms with Crippen molar-refractivity contribution in [1.82, 2.24) is 9.80 Å². The largest absolute Gasteiger partial charge is 0.494 e. The molecule has 0 aliphatic carbocycles. The smallest absolute Gasteiger partial charge is 0.119 e. The van der Waals surface area contributed by atoms with E-state index in [1.165, 1.54) is 16.7 Å². The Morgan fingerprint density at radius 1 is 1.19 bits per heavy atom. The maximum Gasteiger partial charge on any atom is 0.119 e. The van der Waals surface area contributed by atoms with Gasteiger partial charge in [0.05, 0.1) is 19.8 Å². The van der Waals surface area contributed by atoms with E-state index in [9.17, 15) is 4.21 Å². The van der Waals surface area contributed by atoms with E-state index in [2.05, 4.69) is 54.1 Å². The Labute approximate surface area is 188 Å². The van der Waals surface area contributed by atoms with Crippen molar-refractivity contribution < 1.29 is 13.7 Å². The van der Waals surface area contributed by atoms with Crippen LogP contribution in [-0.4, -0.2) is 72.8 Å². The fourth-order valence-corrected chi connectivity index (χ4v) is 5.16. The molecule has 0 N–H and O–H groups in total. The topological polar surface area (TPSA) is 42.0 Å². The second-order valence-corrected chi connectivity index (χ2v) is 10.2. The number of benzene rings is 2. The van der Waals surface area contributed by atoms with Crippen LogP contribution < -0.4 is 4.74 Å². The molecule has 2 heterocycles. The standard InChI is InChI=1S/C25H34N2O3S/c1-19-18-29-14-12-27(19)11-4-13-30-22-7-10-24-21(15-22)16-26(2)17-25(24)20-5-8-23(9-6-20)31(3)28/h5-10,15,19,25H,4,11-14,16-18H2,1-3H3/t19-,25?,31?/m0/s1. The molecule has 2 aromatic carbocycles. The molecule has 3 atom stereocenters. The Morgan fingerprint density at radius 2 is 2.00 bits per heavy atom. The first-order chi connectivity index (χ1) is 15.0. The molecule has 0 saturated carbocycles. The fourth-order valence-electron chi connectivity index (χ4n) is 4.64. The van der Waals surface area contributed by atoms with Gasteiger partial charge in [-0.1, -0.05) is 18.2 Å². The van der Waals surface area contributed by atoms with Gasteiger partial charge in [0.2, 0.25) is 0 Å². The van der Waals surface area contributed by atoms with E-state index in [4.69, 9.17) is 9.47 Å². The van der Waals surface area contributed by atoms with Crippen LogP contribution in [0.3, 0.4) is 0 Å². The lowest BCUT2D eigenvalue weighted by atomic mass is 9.85. The molecule has 2 aliphatic heterocycles. The van der Waals surface area contributed by atoms with Gasteiger partial charge in [0.15, 0.2) is 0 Å². The second kappa shape index (κ2) is 10.3. The summed E-state index contributed by atoms with van der Waals surface area (Å²) in [6, 6.07) is 15.3. The summed E-state index contributed by atoms with van der Waals surface area (Å²) >= 11 is 0. The van der Waals surface area contributed by atoms with Crippen LogP contribution >= 0.6 is 0 Å². The first-order valence-corrected chi connectivity index (χ1v) is 12.8. The number of morpholine rings is 1. The zero-order valence-corrected chi connectivity index (χ0v) is 19.7. The van der Waals surface area contributed by atoms with Gasteiger partial charge in [-0.15, -0.1) is 0 Å². The van der Waals surface area contributed by atoms with E-state index in [1.54, 1.807) is 6.26 Å². The molecule has 1 saturated heterocycles. The van der Waals surface area contributed by atoms with E-state index in [0.29, 0.717) is 12.0 Å². The molecule has 5 nitrogen and oxygen atoms in total. The lowest BCUT2D eigenvalue weighted by Gasteiger charge is -2.33. The first kappa shape index (κ1) is 22.5. The zero-order chi connectivity index (χ0) is 21.8. The van der Waals surface area contributed by atoms with Crippen molar-refractivity contribution in [3.8, 4) is 5.75 Å². The van der Waals surface area contributed by atoms with Gasteiger partial charge in [-0.05, 0) is 61.3 Å². The molecule has 31 heavy (non-hydrogen) atoms. The van der Waals surface area contributed by atoms with Crippen molar-refractivity contribution in [2.75, 3.05) is 52.8 Å². The average molecular weight is 443 g/mol. The number of ether oxygens (including phenoxy) is 2. The van der Waals surface area contributed by atoms with E-state index in [0.717, 1.165) is 63.1 Å². The average Bonchev–Trinajstić information content (AvgIpc) is 2.77. The van der Waals surface area contributed by atoms with Crippen LogP contribution in [0.4, 0.5) is 0 Å². The third-order valence-corrected chi connectivity index (χ3v) is 7.34. The molecule has 0 radical (unpaired) electrons. The van der Waals surface area contributed by atoms with Gasteiger partial charge in [-0.25, -0.2) is 0 Å². The molecule has 6 heteroatoms. The number of rotatable bonds is 7. The third kappa shape index (κ3) is 5.55. The molecule has 2 unspecified atom stereocenters. The van der Waals surface area contributed by atoms with E-state index >= 15 is 0 Å². The predicted molar refractivity (Wildman–Crippen MR) is 125 cm³/mol. The minimum absolute atomic E-state index is 0.324. The fraction of sp³-hybridized carbons (Fsp3) is 0.520.